The molecular weight excluding hydrogens is 1650 g/mol. The van der Waals surface area contributed by atoms with Crippen LogP contribution in [0.4, 0.5) is 69.3 Å². The molecule has 0 aromatic carbocycles. The molecule has 20 N–H and O–H groups in total. The second-order valence-corrected chi connectivity index (χ2v) is 35.3. The number of pyridine rings is 12. The van der Waals surface area contributed by atoms with Gasteiger partial charge in [-0.3, -0.25) is 48.7 Å². The van der Waals surface area contributed by atoms with E-state index in [1.54, 1.807) is 24.8 Å². The molecule has 4 aliphatic carbocycles. The number of hydrogen-bond acceptors (Lipinski definition) is 28. The van der Waals surface area contributed by atoms with Gasteiger partial charge in [0.25, 0.3) is 0 Å². The molecule has 16 heterocycles. The van der Waals surface area contributed by atoms with Crippen LogP contribution in [0, 0.1) is 75.0 Å². The molecule has 4 aliphatic heterocycles. The molecule has 12 aromatic heterocycles. The number of nitrogens with one attached hydrogen (secondary N) is 10. The number of anilines is 12. The molecular formula is C96H110N26O8. The number of rotatable bonds is 22. The summed E-state index contributed by atoms with van der Waals surface area (Å²) in [6, 6.07) is 15.2. The van der Waals surface area contributed by atoms with Gasteiger partial charge in [-0.25, -0.2) is 39.9 Å². The first-order valence-corrected chi connectivity index (χ1v) is 45.0. The summed E-state index contributed by atoms with van der Waals surface area (Å²) in [4.78, 5) is 127. The van der Waals surface area contributed by atoms with Gasteiger partial charge >= 0.3 is 0 Å². The summed E-state index contributed by atoms with van der Waals surface area (Å²) in [6.45, 7) is 16.5. The van der Waals surface area contributed by atoms with Gasteiger partial charge in [0.05, 0.1) is 68.3 Å². The average Bonchev–Trinajstić information content (AvgIpc) is 1.78. The molecule has 0 radical (unpaired) electrons. The lowest BCUT2D eigenvalue weighted by Crippen LogP contribution is -2.22. The molecule has 8 atom stereocenters. The molecule has 0 unspecified atom stereocenters. The van der Waals surface area contributed by atoms with Crippen LogP contribution >= 0.6 is 0 Å². The Bertz CT molecular complexity index is 6090. The number of aliphatic hydroxyl groups is 2. The van der Waals surface area contributed by atoms with Crippen LogP contribution in [0.5, 0.6) is 0 Å². The van der Waals surface area contributed by atoms with Gasteiger partial charge in [0.2, 0.25) is 35.4 Å². The lowest BCUT2D eigenvalue weighted by atomic mass is 9.99. The van der Waals surface area contributed by atoms with E-state index in [0.717, 1.165) is 272 Å². The van der Waals surface area contributed by atoms with E-state index in [4.69, 9.17) is 33.1 Å². The first kappa shape index (κ1) is 88.0. The van der Waals surface area contributed by atoms with Crippen molar-refractivity contribution in [3.8, 4) is 45.0 Å². The highest BCUT2D eigenvalue weighted by molar-refractivity contribution is 6.03. The van der Waals surface area contributed by atoms with Crippen molar-refractivity contribution >= 4 is 148 Å². The Morgan fingerprint density at radius 3 is 0.815 bits per heavy atom. The quantitative estimate of drug-likeness (QED) is 0.0300. The highest BCUT2D eigenvalue weighted by Gasteiger charge is 2.45. The smallest absolute Gasteiger partial charge is 0.228 e. The fraction of sp³-hybridized carbons (Fsp3) is 0.396. The summed E-state index contributed by atoms with van der Waals surface area (Å²) in [5, 5.41) is 55.6. The largest absolute Gasteiger partial charge is 0.396 e. The maximum Gasteiger partial charge on any atom is 0.228 e. The maximum atomic E-state index is 12.7. The number of fused-ring (bicyclic) bond motifs is 8. The molecule has 0 bridgehead atoms. The van der Waals surface area contributed by atoms with Gasteiger partial charge in [0.1, 0.15) is 46.5 Å². The number of nitrogens with zero attached hydrogens (tertiary/aromatic N) is 12. The Balaban J connectivity index is 0.000000122. The van der Waals surface area contributed by atoms with Crippen molar-refractivity contribution in [2.45, 2.75) is 144 Å². The highest BCUT2D eigenvalue weighted by Crippen LogP contribution is 2.47. The Morgan fingerprint density at radius 2 is 0.585 bits per heavy atom. The second kappa shape index (κ2) is 38.1. The zero-order valence-corrected chi connectivity index (χ0v) is 73.8. The normalized spacial score (nSPS) is 19.1. The first-order chi connectivity index (χ1) is 62.9. The first-order valence-electron chi connectivity index (χ1n) is 45.0. The van der Waals surface area contributed by atoms with Crippen molar-refractivity contribution in [2.24, 2.45) is 47.3 Å². The van der Waals surface area contributed by atoms with E-state index in [1.807, 2.05) is 73.3 Å². The number of aromatic nitrogens is 12. The van der Waals surface area contributed by atoms with Crippen molar-refractivity contribution in [1.29, 1.82) is 0 Å². The van der Waals surface area contributed by atoms with Crippen LogP contribution in [-0.4, -0.2) is 158 Å². The second-order valence-electron chi connectivity index (χ2n) is 35.3. The molecule has 0 spiro atoms. The average molecular weight is 1760 g/mol. The van der Waals surface area contributed by atoms with E-state index in [2.05, 4.69) is 141 Å². The molecule has 8 aliphatic rings. The van der Waals surface area contributed by atoms with Crippen LogP contribution in [0.25, 0.3) is 88.1 Å². The SMILES string of the molecule is CC(=O)NCC[C@@H]1C[C@@H]1C(=O)Nc1cc2cc(-c3cnc4c(c3C)NCCC4)nc(N)c2cn1.CC(=O)NCC[C@H]1C[C@H]1C(=O)Nc1cc2cc(-c3cnc4c(c3C)NCCC4)nc(N)c2cn1.Cc1c(-c2cc3cc(NC(=O)[C@@H]4C[C@@H]4CCO)ncc3c(N)n2)cnc2c1NCCC2.Cc1c(-c2cc3cc(NC(=O)[C@H]4C[C@H]4CCO)ncc3c(N)n2)cnc2c1NCCC2. The topological polar surface area (TPSA) is 522 Å². The van der Waals surface area contributed by atoms with Crippen LogP contribution in [-0.2, 0) is 54.5 Å². The van der Waals surface area contributed by atoms with Gasteiger partial charge in [-0.15, -0.1) is 0 Å². The van der Waals surface area contributed by atoms with Crippen LogP contribution in [0.2, 0.25) is 0 Å². The fourth-order valence-electron chi connectivity index (χ4n) is 18.4. The van der Waals surface area contributed by atoms with Crippen molar-refractivity contribution in [3.63, 3.8) is 0 Å². The Hall–Kier alpha value is -14.0. The van der Waals surface area contributed by atoms with E-state index < -0.39 is 0 Å². The lowest BCUT2D eigenvalue weighted by molar-refractivity contribution is -0.119. The molecule has 130 heavy (non-hydrogen) atoms. The summed E-state index contributed by atoms with van der Waals surface area (Å²) in [5.74, 6) is 4.23. The predicted molar refractivity (Wildman–Crippen MR) is 506 cm³/mol. The lowest BCUT2D eigenvalue weighted by Gasteiger charge is -2.21. The molecule has 672 valence electrons. The molecule has 4 saturated carbocycles. The van der Waals surface area contributed by atoms with E-state index in [1.165, 1.54) is 13.8 Å². The molecule has 34 heteroatoms. The third-order valence-corrected chi connectivity index (χ3v) is 26.1. The number of aryl methyl sites for hydroxylation is 4. The minimum absolute atomic E-state index is 0.0391. The van der Waals surface area contributed by atoms with Gasteiger partial charge in [-0.1, -0.05) is 0 Å². The number of amides is 6. The third kappa shape index (κ3) is 19.7. The summed E-state index contributed by atoms with van der Waals surface area (Å²) < 4.78 is 0. The number of carbonyl (C=O) groups is 6. The van der Waals surface area contributed by atoms with E-state index in [-0.39, 0.29) is 84.2 Å². The Morgan fingerprint density at radius 1 is 0.346 bits per heavy atom. The molecule has 20 rings (SSSR count). The van der Waals surface area contributed by atoms with E-state index in [9.17, 15) is 28.8 Å². The Labute approximate surface area is 751 Å². The predicted octanol–water partition coefficient (Wildman–Crippen LogP) is 11.9. The third-order valence-electron chi connectivity index (χ3n) is 26.1. The van der Waals surface area contributed by atoms with Gasteiger partial charge in [-0.2, -0.15) is 0 Å². The van der Waals surface area contributed by atoms with Crippen molar-refractivity contribution in [1.82, 2.24) is 70.4 Å². The van der Waals surface area contributed by atoms with Crippen molar-refractivity contribution in [3.05, 3.63) is 143 Å². The van der Waals surface area contributed by atoms with Crippen molar-refractivity contribution in [2.75, 3.05) is 118 Å². The number of nitrogens with two attached hydrogens (primary N) is 4. The van der Waals surface area contributed by atoms with Crippen LogP contribution < -0.4 is 76.1 Å². The van der Waals surface area contributed by atoms with Crippen LogP contribution in [0.3, 0.4) is 0 Å². The highest BCUT2D eigenvalue weighted by atomic mass is 16.3. The molecule has 6 amide bonds. The monoisotopic (exact) mass is 1750 g/mol. The van der Waals surface area contributed by atoms with Crippen LogP contribution in [0.15, 0.2) is 98.1 Å². The Kier molecular flexibility index (Phi) is 25.8. The molecule has 34 nitrogen and oxygen atoms in total. The molecule has 4 fully saturated rings. The van der Waals surface area contributed by atoms with E-state index in [0.29, 0.717) is 84.3 Å². The minimum Gasteiger partial charge on any atom is -0.396 e. The number of hydrogen-bond donors (Lipinski definition) is 16. The number of nitrogen functional groups attached to an aromatic ring is 4. The van der Waals surface area contributed by atoms with Crippen LogP contribution in [0.1, 0.15) is 136 Å². The number of aliphatic hydroxyl groups excluding tert-OH is 2. The van der Waals surface area contributed by atoms with Gasteiger partial charge in [0, 0.05) is 183 Å². The fourth-order valence-corrected chi connectivity index (χ4v) is 18.4. The summed E-state index contributed by atoms with van der Waals surface area (Å²) >= 11 is 0. The van der Waals surface area contributed by atoms with Gasteiger partial charge in [-0.05, 0) is 246 Å². The van der Waals surface area contributed by atoms with Crippen molar-refractivity contribution < 1.29 is 39.0 Å². The van der Waals surface area contributed by atoms with Gasteiger partial charge in [0.15, 0.2) is 0 Å². The zero-order valence-electron chi connectivity index (χ0n) is 73.8. The summed E-state index contributed by atoms with van der Waals surface area (Å²) in [6.07, 6.45) is 28.5. The van der Waals surface area contributed by atoms with Gasteiger partial charge < -0.3 is 86.3 Å². The number of carbonyl (C=O) groups excluding carboxylic acids is 6. The molecule has 12 aromatic rings. The van der Waals surface area contributed by atoms with E-state index >= 15 is 0 Å². The molecule has 0 saturated heterocycles. The summed E-state index contributed by atoms with van der Waals surface area (Å²) in [5.41, 5.74) is 44.9. The standard InChI is InChI=1S/2C25H29N7O2.2C23H26N6O2/c2*1-13-18(11-29-20-4-3-6-28-23(13)20)21-9-16-10-22(30-12-19(16)24(26)31-21)32-25(34)17-8-15(17)5-7-27-14(2)33;2*1-12-16(10-26-18-3-2-5-25-21(12)18)19-8-14-9-20(27-11-17(14)22(24)28-19)29-23(31)15-7-13(15)4-6-30/h2*9-12,15,17,28H,3-8H2,1-2H3,(H2,26,31)(H,27,33)(H,30,32,34);2*8-11,13,15,25,30H,2-7H2,1H3,(H2,24,28)(H,27,29,31)/t2*15-,17+;2*13-,15+/m1010/s1. The zero-order chi connectivity index (χ0) is 90.7. The maximum absolute atomic E-state index is 12.7. The summed E-state index contributed by atoms with van der Waals surface area (Å²) in [7, 11) is 0. The minimum atomic E-state index is -0.0484.